The molecule has 3 aromatic carbocycles. The monoisotopic (exact) mass is 427 g/mol. The first kappa shape index (κ1) is 18.0. The van der Waals surface area contributed by atoms with E-state index in [-0.39, 0.29) is 5.92 Å². The standard InChI is InChI=1S/C27H17N5O/c1-2-8-18(9-3-1)22-21-13-12-17-7-4-5-11-20(17)24(21)33-27-23(22)26-30-25(31-32(26)16-29-27)19-10-6-14-28-15-19/h1-16,22H/t22-/m1/s1. The summed E-state index contributed by atoms with van der Waals surface area (Å²) in [5.41, 5.74) is 4.74. The van der Waals surface area contributed by atoms with Crippen LogP contribution in [0, 0.1) is 0 Å². The molecule has 0 spiro atoms. The van der Waals surface area contributed by atoms with Crippen LogP contribution in [0.2, 0.25) is 0 Å². The highest BCUT2D eigenvalue weighted by molar-refractivity contribution is 5.91. The van der Waals surface area contributed by atoms with Crippen LogP contribution in [-0.2, 0) is 0 Å². The fourth-order valence-electron chi connectivity index (χ4n) is 4.66. The molecule has 0 amide bonds. The van der Waals surface area contributed by atoms with E-state index in [9.17, 15) is 0 Å². The Balaban J connectivity index is 1.53. The van der Waals surface area contributed by atoms with Crippen molar-refractivity contribution in [2.24, 2.45) is 0 Å². The van der Waals surface area contributed by atoms with Gasteiger partial charge in [0.2, 0.25) is 5.88 Å². The van der Waals surface area contributed by atoms with E-state index in [1.165, 1.54) is 0 Å². The van der Waals surface area contributed by atoms with Crippen molar-refractivity contribution in [2.45, 2.75) is 5.92 Å². The zero-order valence-electron chi connectivity index (χ0n) is 17.5. The van der Waals surface area contributed by atoms with Gasteiger partial charge >= 0.3 is 0 Å². The van der Waals surface area contributed by atoms with Crippen molar-refractivity contribution in [1.29, 1.82) is 0 Å². The number of hydrogen-bond donors (Lipinski definition) is 0. The van der Waals surface area contributed by atoms with Crippen molar-refractivity contribution >= 4 is 16.4 Å². The molecule has 1 aliphatic rings. The second-order valence-electron chi connectivity index (χ2n) is 8.06. The third kappa shape index (κ3) is 2.74. The quantitative estimate of drug-likeness (QED) is 0.358. The minimum atomic E-state index is -0.0864. The first-order valence-corrected chi connectivity index (χ1v) is 10.8. The van der Waals surface area contributed by atoms with Crippen LogP contribution in [0.15, 0.2) is 97.6 Å². The maximum absolute atomic E-state index is 6.46. The van der Waals surface area contributed by atoms with Gasteiger partial charge in [0.05, 0.1) is 5.56 Å². The molecule has 1 atom stereocenters. The van der Waals surface area contributed by atoms with Crippen LogP contribution >= 0.6 is 0 Å². The van der Waals surface area contributed by atoms with E-state index in [1.54, 1.807) is 23.2 Å². The average molecular weight is 427 g/mol. The van der Waals surface area contributed by atoms with Gasteiger partial charge < -0.3 is 4.74 Å². The molecule has 7 rings (SSSR count). The molecule has 3 aromatic heterocycles. The molecule has 6 heteroatoms. The molecule has 1 aliphatic heterocycles. The summed E-state index contributed by atoms with van der Waals surface area (Å²) in [4.78, 5) is 13.8. The minimum absolute atomic E-state index is 0.0864. The molecule has 156 valence electrons. The molecule has 0 saturated carbocycles. The number of aromatic nitrogens is 5. The largest absolute Gasteiger partial charge is 0.438 e. The third-order valence-electron chi connectivity index (χ3n) is 6.15. The molecule has 0 unspecified atom stereocenters. The van der Waals surface area contributed by atoms with Crippen LogP contribution in [0.25, 0.3) is 27.8 Å². The Hall–Kier alpha value is -4.58. The van der Waals surface area contributed by atoms with E-state index in [4.69, 9.17) is 9.72 Å². The summed E-state index contributed by atoms with van der Waals surface area (Å²) in [6.07, 6.45) is 5.17. The van der Waals surface area contributed by atoms with E-state index < -0.39 is 0 Å². The van der Waals surface area contributed by atoms with Crippen LogP contribution in [0.1, 0.15) is 22.6 Å². The number of nitrogens with zero attached hydrogens (tertiary/aromatic N) is 5. The van der Waals surface area contributed by atoms with Crippen molar-refractivity contribution in [2.75, 3.05) is 0 Å². The predicted octanol–water partition coefficient (Wildman–Crippen LogP) is 5.63. The fraction of sp³-hybridized carbons (Fsp3) is 0.0370. The molecule has 0 radical (unpaired) electrons. The number of pyridine rings is 1. The smallest absolute Gasteiger partial charge is 0.228 e. The van der Waals surface area contributed by atoms with E-state index in [1.807, 2.05) is 30.3 Å². The number of benzene rings is 3. The SMILES string of the molecule is c1ccc([C@@H]2c3ccc4ccccc4c3Oc3ncn4nc(-c5cccnc5)nc4c32)cc1. The van der Waals surface area contributed by atoms with Crippen molar-refractivity contribution < 1.29 is 4.74 Å². The molecule has 0 N–H and O–H groups in total. The van der Waals surface area contributed by atoms with Crippen molar-refractivity contribution in [1.82, 2.24) is 24.6 Å². The zero-order chi connectivity index (χ0) is 21.8. The minimum Gasteiger partial charge on any atom is -0.438 e. The second kappa shape index (κ2) is 6.97. The second-order valence-corrected chi connectivity index (χ2v) is 8.06. The molecule has 33 heavy (non-hydrogen) atoms. The van der Waals surface area contributed by atoms with Gasteiger partial charge in [-0.1, -0.05) is 66.7 Å². The summed E-state index contributed by atoms with van der Waals surface area (Å²) in [6, 6.07) is 26.8. The normalized spacial score (nSPS) is 14.6. The molecular formula is C27H17N5O. The highest BCUT2D eigenvalue weighted by atomic mass is 16.5. The van der Waals surface area contributed by atoms with Crippen LogP contribution in [0.4, 0.5) is 0 Å². The van der Waals surface area contributed by atoms with Crippen molar-refractivity contribution in [3.63, 3.8) is 0 Å². The van der Waals surface area contributed by atoms with Crippen LogP contribution in [0.3, 0.4) is 0 Å². The van der Waals surface area contributed by atoms with Crippen molar-refractivity contribution in [3.05, 3.63) is 114 Å². The van der Waals surface area contributed by atoms with Gasteiger partial charge in [-0.25, -0.2) is 14.5 Å². The Bertz CT molecular complexity index is 1640. The lowest BCUT2D eigenvalue weighted by Gasteiger charge is -2.28. The number of ether oxygens (including phenoxy) is 1. The molecule has 6 nitrogen and oxygen atoms in total. The maximum Gasteiger partial charge on any atom is 0.228 e. The number of fused-ring (bicyclic) bond motifs is 6. The highest BCUT2D eigenvalue weighted by Crippen LogP contribution is 2.50. The summed E-state index contributed by atoms with van der Waals surface area (Å²) >= 11 is 0. The summed E-state index contributed by atoms with van der Waals surface area (Å²) in [6.45, 7) is 0. The van der Waals surface area contributed by atoms with Crippen molar-refractivity contribution in [3.8, 4) is 23.0 Å². The first-order chi connectivity index (χ1) is 16.4. The Kier molecular flexibility index (Phi) is 3.81. The van der Waals surface area contributed by atoms with Gasteiger partial charge in [0.15, 0.2) is 11.5 Å². The molecule has 4 heterocycles. The first-order valence-electron chi connectivity index (χ1n) is 10.8. The van der Waals surface area contributed by atoms with Gasteiger partial charge in [-0.3, -0.25) is 4.98 Å². The Morgan fingerprint density at radius 3 is 2.61 bits per heavy atom. The Morgan fingerprint density at radius 1 is 0.848 bits per heavy atom. The molecular weight excluding hydrogens is 410 g/mol. The van der Waals surface area contributed by atoms with E-state index in [0.717, 1.165) is 44.4 Å². The topological polar surface area (TPSA) is 65.2 Å². The number of rotatable bonds is 2. The van der Waals surface area contributed by atoms with Crippen LogP contribution in [0.5, 0.6) is 11.6 Å². The molecule has 0 aliphatic carbocycles. The van der Waals surface area contributed by atoms with Crippen LogP contribution in [-0.4, -0.2) is 24.6 Å². The molecule has 6 aromatic rings. The Morgan fingerprint density at radius 2 is 1.73 bits per heavy atom. The lowest BCUT2D eigenvalue weighted by atomic mass is 9.83. The van der Waals surface area contributed by atoms with Gasteiger partial charge in [-0.15, -0.1) is 5.10 Å². The lowest BCUT2D eigenvalue weighted by Crippen LogP contribution is -2.15. The summed E-state index contributed by atoms with van der Waals surface area (Å²) < 4.78 is 8.19. The van der Waals surface area contributed by atoms with E-state index in [2.05, 4.69) is 63.6 Å². The fourth-order valence-corrected chi connectivity index (χ4v) is 4.66. The summed E-state index contributed by atoms with van der Waals surface area (Å²) in [5, 5.41) is 6.88. The Labute approximate surface area is 189 Å². The molecule has 0 saturated heterocycles. The van der Waals surface area contributed by atoms with Gasteiger partial charge in [-0.2, -0.15) is 0 Å². The highest BCUT2D eigenvalue weighted by Gasteiger charge is 2.34. The summed E-state index contributed by atoms with van der Waals surface area (Å²) in [5.74, 6) is 1.93. The summed E-state index contributed by atoms with van der Waals surface area (Å²) in [7, 11) is 0. The predicted molar refractivity (Wildman–Crippen MR) is 125 cm³/mol. The maximum atomic E-state index is 6.46. The van der Waals surface area contributed by atoms with E-state index in [0.29, 0.717) is 11.7 Å². The third-order valence-corrected chi connectivity index (χ3v) is 6.15. The van der Waals surface area contributed by atoms with Gasteiger partial charge in [0, 0.05) is 34.8 Å². The van der Waals surface area contributed by atoms with Gasteiger partial charge in [-0.05, 0) is 23.1 Å². The van der Waals surface area contributed by atoms with Gasteiger partial charge in [0.1, 0.15) is 12.1 Å². The molecule has 0 bridgehead atoms. The number of hydrogen-bond acceptors (Lipinski definition) is 5. The van der Waals surface area contributed by atoms with Crippen LogP contribution < -0.4 is 4.74 Å². The zero-order valence-corrected chi connectivity index (χ0v) is 17.5. The molecule has 0 fully saturated rings. The lowest BCUT2D eigenvalue weighted by molar-refractivity contribution is 0.437. The van der Waals surface area contributed by atoms with Gasteiger partial charge in [0.25, 0.3) is 0 Å². The average Bonchev–Trinajstić information content (AvgIpc) is 3.33. The van der Waals surface area contributed by atoms with E-state index >= 15 is 0 Å².